The van der Waals surface area contributed by atoms with Crippen LogP contribution < -0.4 is 0 Å². The van der Waals surface area contributed by atoms with E-state index in [1.807, 2.05) is 18.2 Å². The topological polar surface area (TPSA) is 78.9 Å². The number of aryl methyl sites for hydroxylation is 1. The smallest absolute Gasteiger partial charge is 0.259 e. The molecule has 0 radical (unpaired) electrons. The number of hydrogen-bond acceptors (Lipinski definition) is 6. The molecule has 25 heavy (non-hydrogen) atoms. The molecule has 0 amide bonds. The van der Waals surface area contributed by atoms with Crippen molar-refractivity contribution in [2.24, 2.45) is 0 Å². The van der Waals surface area contributed by atoms with Gasteiger partial charge in [-0.2, -0.15) is 0 Å². The van der Waals surface area contributed by atoms with Crippen molar-refractivity contribution >= 4 is 22.8 Å². The Kier molecular flexibility index (Phi) is 9.32. The Bertz CT molecular complexity index is 581. The van der Waals surface area contributed by atoms with E-state index in [4.69, 9.17) is 12.9 Å². The molecule has 0 aromatic heterocycles. The van der Waals surface area contributed by atoms with Gasteiger partial charge in [0.15, 0.2) is 0 Å². The van der Waals surface area contributed by atoms with Crippen LogP contribution in [-0.4, -0.2) is 18.5 Å². The highest BCUT2D eigenvalue weighted by Gasteiger charge is 2.51. The standard InChI is InChI=1S/C9H21O6P3.C7H8/c1-4-7-16(10)13-17(11,8-5-2)15-18(12,14-16)9-6-3;1-7-5-3-2-4-6-7/h4-9H2,1-3H3;2-6H,1H3. The van der Waals surface area contributed by atoms with Crippen LogP contribution in [0, 0.1) is 6.92 Å². The van der Waals surface area contributed by atoms with Crippen molar-refractivity contribution < 1.29 is 26.6 Å². The average molecular weight is 410 g/mol. The molecule has 0 saturated carbocycles. The summed E-state index contributed by atoms with van der Waals surface area (Å²) >= 11 is 0. The zero-order valence-electron chi connectivity index (χ0n) is 15.4. The first-order valence-electron chi connectivity index (χ1n) is 8.62. The van der Waals surface area contributed by atoms with E-state index < -0.39 is 22.8 Å². The Morgan fingerprint density at radius 1 is 0.680 bits per heavy atom. The Morgan fingerprint density at radius 2 is 1.00 bits per heavy atom. The maximum absolute atomic E-state index is 12.3. The lowest BCUT2D eigenvalue weighted by Gasteiger charge is -2.33. The second-order valence-electron chi connectivity index (χ2n) is 5.90. The van der Waals surface area contributed by atoms with Gasteiger partial charge in [0.05, 0.1) is 18.5 Å². The molecule has 0 atom stereocenters. The summed E-state index contributed by atoms with van der Waals surface area (Å²) in [6.07, 6.45) is 1.94. The zero-order valence-corrected chi connectivity index (χ0v) is 18.1. The summed E-state index contributed by atoms with van der Waals surface area (Å²) in [4.78, 5) is 0. The number of benzene rings is 1. The average Bonchev–Trinajstić information content (AvgIpc) is 2.46. The van der Waals surface area contributed by atoms with Gasteiger partial charge >= 0.3 is 22.8 Å². The second-order valence-corrected chi connectivity index (χ2v) is 12.9. The predicted octanol–water partition coefficient (Wildman–Crippen LogP) is 6.85. The highest BCUT2D eigenvalue weighted by atomic mass is 31.3. The van der Waals surface area contributed by atoms with Gasteiger partial charge in [0.1, 0.15) is 0 Å². The minimum atomic E-state index is -3.57. The summed E-state index contributed by atoms with van der Waals surface area (Å²) in [6.45, 7) is 7.49. The first kappa shape index (κ1) is 22.8. The van der Waals surface area contributed by atoms with Crippen LogP contribution >= 0.6 is 22.8 Å². The van der Waals surface area contributed by atoms with E-state index in [1.54, 1.807) is 20.8 Å². The summed E-state index contributed by atoms with van der Waals surface area (Å²) < 4.78 is 52.3. The van der Waals surface area contributed by atoms with Crippen LogP contribution in [0.25, 0.3) is 0 Å². The predicted molar refractivity (Wildman–Crippen MR) is 103 cm³/mol. The van der Waals surface area contributed by atoms with Crippen molar-refractivity contribution in [1.82, 2.24) is 0 Å². The van der Waals surface area contributed by atoms with E-state index in [0.29, 0.717) is 19.3 Å². The molecule has 1 aromatic rings. The Morgan fingerprint density at radius 3 is 1.20 bits per heavy atom. The summed E-state index contributed by atoms with van der Waals surface area (Å²) in [5.41, 5.74) is 1.32. The van der Waals surface area contributed by atoms with Gasteiger partial charge in [-0.05, 0) is 26.2 Å². The third-order valence-electron chi connectivity index (χ3n) is 3.18. The fourth-order valence-corrected chi connectivity index (χ4v) is 11.5. The third-order valence-corrected chi connectivity index (χ3v) is 12.1. The number of rotatable bonds is 6. The fourth-order valence-electron chi connectivity index (χ4n) is 2.21. The van der Waals surface area contributed by atoms with Crippen LogP contribution in [-0.2, 0) is 26.6 Å². The summed E-state index contributed by atoms with van der Waals surface area (Å²) in [5, 5.41) is 0. The van der Waals surface area contributed by atoms with E-state index in [2.05, 4.69) is 19.1 Å². The normalized spacial score (nSPS) is 31.8. The van der Waals surface area contributed by atoms with Gasteiger partial charge in [-0.3, -0.25) is 13.7 Å². The van der Waals surface area contributed by atoms with E-state index in [-0.39, 0.29) is 18.5 Å². The summed E-state index contributed by atoms with van der Waals surface area (Å²) in [6, 6.07) is 10.3. The molecule has 144 valence electrons. The lowest BCUT2D eigenvalue weighted by atomic mass is 10.2. The van der Waals surface area contributed by atoms with Crippen molar-refractivity contribution in [3.8, 4) is 0 Å². The molecule has 2 rings (SSSR count). The van der Waals surface area contributed by atoms with Crippen molar-refractivity contribution in [2.75, 3.05) is 18.5 Å². The maximum Gasteiger partial charge on any atom is 0.345 e. The minimum Gasteiger partial charge on any atom is -0.259 e. The molecule has 1 aliphatic rings. The highest BCUT2D eigenvalue weighted by molar-refractivity contribution is 7.80. The van der Waals surface area contributed by atoms with E-state index in [9.17, 15) is 13.7 Å². The van der Waals surface area contributed by atoms with Crippen molar-refractivity contribution in [3.05, 3.63) is 35.9 Å². The Labute approximate surface area is 151 Å². The molecule has 1 saturated heterocycles. The first-order valence-corrected chi connectivity index (χ1v) is 13.8. The molecule has 0 aliphatic carbocycles. The molecule has 1 aliphatic heterocycles. The van der Waals surface area contributed by atoms with Crippen LogP contribution in [0.1, 0.15) is 45.6 Å². The van der Waals surface area contributed by atoms with E-state index in [1.165, 1.54) is 5.56 Å². The van der Waals surface area contributed by atoms with Gasteiger partial charge in [-0.25, -0.2) is 12.9 Å². The molecular weight excluding hydrogens is 381 g/mol. The highest BCUT2D eigenvalue weighted by Crippen LogP contribution is 2.82. The van der Waals surface area contributed by atoms with Gasteiger partial charge < -0.3 is 0 Å². The molecule has 0 unspecified atom stereocenters. The summed E-state index contributed by atoms with van der Waals surface area (Å²) in [5.74, 6) is 0. The van der Waals surface area contributed by atoms with Crippen LogP contribution in [0.4, 0.5) is 0 Å². The van der Waals surface area contributed by atoms with Crippen molar-refractivity contribution in [2.45, 2.75) is 47.0 Å². The van der Waals surface area contributed by atoms with Gasteiger partial charge in [0.25, 0.3) is 0 Å². The van der Waals surface area contributed by atoms with E-state index >= 15 is 0 Å². The fraction of sp³-hybridized carbons (Fsp3) is 0.625. The number of hydrogen-bond donors (Lipinski definition) is 0. The van der Waals surface area contributed by atoms with Gasteiger partial charge in [0, 0.05) is 0 Å². The van der Waals surface area contributed by atoms with Gasteiger partial charge in [-0.15, -0.1) is 0 Å². The molecular formula is C16H29O6P3. The van der Waals surface area contributed by atoms with Crippen LogP contribution in [0.5, 0.6) is 0 Å². The van der Waals surface area contributed by atoms with Gasteiger partial charge in [0.2, 0.25) is 0 Å². The maximum atomic E-state index is 12.3. The Hall–Kier alpha value is -0.210. The SMILES string of the molecule is CCCP1(=O)OP(=O)(CCC)OP(=O)(CCC)O1.Cc1ccccc1. The first-order chi connectivity index (χ1) is 11.7. The second kappa shape index (κ2) is 10.2. The van der Waals surface area contributed by atoms with Crippen LogP contribution in [0.15, 0.2) is 30.3 Å². The van der Waals surface area contributed by atoms with Crippen molar-refractivity contribution in [1.29, 1.82) is 0 Å². The lowest BCUT2D eigenvalue weighted by molar-refractivity contribution is 0.276. The largest absolute Gasteiger partial charge is 0.345 e. The monoisotopic (exact) mass is 410 g/mol. The molecule has 6 nitrogen and oxygen atoms in total. The van der Waals surface area contributed by atoms with Gasteiger partial charge in [-0.1, -0.05) is 56.7 Å². The lowest BCUT2D eigenvalue weighted by Crippen LogP contribution is -2.10. The van der Waals surface area contributed by atoms with Crippen LogP contribution in [0.3, 0.4) is 0 Å². The summed E-state index contributed by atoms with van der Waals surface area (Å²) in [7, 11) is -10.7. The molecule has 0 bridgehead atoms. The van der Waals surface area contributed by atoms with E-state index in [0.717, 1.165) is 0 Å². The van der Waals surface area contributed by atoms with Crippen LogP contribution in [0.2, 0.25) is 0 Å². The zero-order chi connectivity index (χ0) is 19.0. The molecule has 0 N–H and O–H groups in total. The molecule has 9 heteroatoms. The molecule has 0 spiro atoms. The molecule has 1 heterocycles. The Balaban J connectivity index is 0.000000370. The van der Waals surface area contributed by atoms with Crippen molar-refractivity contribution in [3.63, 3.8) is 0 Å². The molecule has 1 aromatic carbocycles. The third kappa shape index (κ3) is 7.91. The molecule has 1 fully saturated rings. The minimum absolute atomic E-state index is 0.109. The quantitative estimate of drug-likeness (QED) is 0.477.